The molecule has 1 fully saturated rings. The molecule has 148 valence electrons. The summed E-state index contributed by atoms with van der Waals surface area (Å²) in [5, 5.41) is 3.63. The number of carbonyl (C=O) groups is 1. The van der Waals surface area contributed by atoms with Gasteiger partial charge in [-0.3, -0.25) is 9.79 Å². The highest BCUT2D eigenvalue weighted by Crippen LogP contribution is 2.34. The number of Topliss-reactive ketones (excluding diaryl/α,β-unsaturated/α-hetero) is 1. The number of fused-ring (bicyclic) bond motifs is 2. The van der Waals surface area contributed by atoms with Gasteiger partial charge in [-0.2, -0.15) is 0 Å². The Kier molecular flexibility index (Phi) is 4.80. The van der Waals surface area contributed by atoms with Gasteiger partial charge in [-0.25, -0.2) is 0 Å². The maximum atomic E-state index is 12.9. The van der Waals surface area contributed by atoms with Gasteiger partial charge < -0.3 is 10.1 Å². The van der Waals surface area contributed by atoms with E-state index in [0.717, 1.165) is 48.6 Å². The van der Waals surface area contributed by atoms with Gasteiger partial charge in [-0.15, -0.1) is 0 Å². The normalized spacial score (nSPS) is 19.8. The topological polar surface area (TPSA) is 50.7 Å². The molecule has 0 bridgehead atoms. The van der Waals surface area contributed by atoms with Crippen LogP contribution in [-0.2, 0) is 22.5 Å². The highest BCUT2D eigenvalue weighted by atomic mass is 16.5. The molecule has 0 radical (unpaired) electrons. The van der Waals surface area contributed by atoms with E-state index in [1.54, 1.807) is 0 Å². The molecule has 4 heteroatoms. The van der Waals surface area contributed by atoms with Crippen LogP contribution in [0.25, 0.3) is 6.08 Å². The van der Waals surface area contributed by atoms with Gasteiger partial charge >= 0.3 is 0 Å². The Morgan fingerprint density at radius 2 is 1.90 bits per heavy atom. The molecule has 0 saturated carbocycles. The number of allylic oxidation sites excluding steroid dienone is 1. The number of aliphatic imine (C=N–C) groups is 1. The molecule has 0 spiro atoms. The molecule has 0 aromatic heterocycles. The van der Waals surface area contributed by atoms with E-state index < -0.39 is 0 Å². The minimum atomic E-state index is 0.0959. The van der Waals surface area contributed by atoms with Crippen molar-refractivity contribution in [1.82, 2.24) is 5.32 Å². The third kappa shape index (κ3) is 3.53. The molecule has 2 aromatic rings. The second-order valence-electron chi connectivity index (χ2n) is 8.24. The number of ketones is 1. The van der Waals surface area contributed by atoms with Crippen LogP contribution in [0.1, 0.15) is 53.5 Å². The Hall–Kier alpha value is -2.72. The van der Waals surface area contributed by atoms with E-state index in [9.17, 15) is 4.79 Å². The van der Waals surface area contributed by atoms with Gasteiger partial charge in [0.05, 0.1) is 6.54 Å². The molecule has 0 amide bonds. The third-order valence-electron chi connectivity index (χ3n) is 6.34. The SMILES string of the molecule is CC(C1=Cc2cc3c(cc2CC1=O)CN=C3NC1CCOCC1)c1ccccc1. The van der Waals surface area contributed by atoms with E-state index >= 15 is 0 Å². The van der Waals surface area contributed by atoms with E-state index in [2.05, 4.69) is 42.6 Å². The molecule has 29 heavy (non-hydrogen) atoms. The van der Waals surface area contributed by atoms with Crippen LogP contribution in [-0.4, -0.2) is 30.9 Å². The average Bonchev–Trinajstić information content (AvgIpc) is 3.14. The van der Waals surface area contributed by atoms with Gasteiger partial charge in [0, 0.05) is 42.7 Å². The van der Waals surface area contributed by atoms with E-state index in [-0.39, 0.29) is 11.7 Å². The standard InChI is InChI=1S/C25H26N2O2/c1-16(17-5-3-2-4-6-17)22-12-19-13-23-20(11-18(19)14-24(22)28)15-26-25(23)27-21-7-9-29-10-8-21/h2-6,11-13,16,21H,7-10,14-15H2,1H3,(H,26,27). The molecule has 3 aliphatic rings. The molecule has 4 nitrogen and oxygen atoms in total. The summed E-state index contributed by atoms with van der Waals surface area (Å²) in [5.41, 5.74) is 6.77. The molecule has 5 rings (SSSR count). The molecular formula is C25H26N2O2. The summed E-state index contributed by atoms with van der Waals surface area (Å²) in [6, 6.07) is 15.1. The van der Waals surface area contributed by atoms with Crippen LogP contribution in [0.15, 0.2) is 53.0 Å². The largest absolute Gasteiger partial charge is 0.381 e. The van der Waals surface area contributed by atoms with Gasteiger partial charge in [0.15, 0.2) is 5.78 Å². The van der Waals surface area contributed by atoms with Crippen LogP contribution in [0.3, 0.4) is 0 Å². The highest BCUT2D eigenvalue weighted by Gasteiger charge is 2.27. The molecule has 1 N–H and O–H groups in total. The van der Waals surface area contributed by atoms with E-state index in [1.165, 1.54) is 16.7 Å². The van der Waals surface area contributed by atoms with Gasteiger partial charge in [0.25, 0.3) is 0 Å². The average molecular weight is 386 g/mol. The number of nitrogens with zero attached hydrogens (tertiary/aromatic N) is 1. The fourth-order valence-corrected chi connectivity index (χ4v) is 4.57. The molecular weight excluding hydrogens is 360 g/mol. The van der Waals surface area contributed by atoms with Crippen molar-refractivity contribution in [2.45, 2.75) is 44.7 Å². The molecule has 1 unspecified atom stereocenters. The number of hydrogen-bond donors (Lipinski definition) is 1. The minimum Gasteiger partial charge on any atom is -0.381 e. The van der Waals surface area contributed by atoms with Crippen LogP contribution in [0, 0.1) is 0 Å². The summed E-state index contributed by atoms with van der Waals surface area (Å²) in [5.74, 6) is 1.32. The van der Waals surface area contributed by atoms with E-state index in [0.29, 0.717) is 19.0 Å². The zero-order chi connectivity index (χ0) is 19.8. The Balaban J connectivity index is 1.45. The number of benzene rings is 2. The second kappa shape index (κ2) is 7.60. The summed E-state index contributed by atoms with van der Waals surface area (Å²) in [4.78, 5) is 17.6. The maximum Gasteiger partial charge on any atom is 0.163 e. The molecule has 2 heterocycles. The Bertz CT molecular complexity index is 1000. The molecule has 1 aliphatic carbocycles. The number of carbonyl (C=O) groups excluding carboxylic acids is 1. The van der Waals surface area contributed by atoms with Crippen LogP contribution < -0.4 is 5.32 Å². The van der Waals surface area contributed by atoms with Gasteiger partial charge in [0.1, 0.15) is 5.84 Å². The molecule has 1 atom stereocenters. The Morgan fingerprint density at radius 1 is 1.10 bits per heavy atom. The lowest BCUT2D eigenvalue weighted by Gasteiger charge is -2.25. The van der Waals surface area contributed by atoms with Crippen LogP contribution >= 0.6 is 0 Å². The van der Waals surface area contributed by atoms with Gasteiger partial charge in [-0.1, -0.05) is 43.3 Å². The number of ether oxygens (including phenoxy) is 1. The fraction of sp³-hybridized carbons (Fsp3) is 0.360. The van der Waals surface area contributed by atoms with Crippen LogP contribution in [0.4, 0.5) is 0 Å². The first-order valence-corrected chi connectivity index (χ1v) is 10.5. The summed E-state index contributed by atoms with van der Waals surface area (Å²) in [7, 11) is 0. The summed E-state index contributed by atoms with van der Waals surface area (Å²) < 4.78 is 5.47. The third-order valence-corrected chi connectivity index (χ3v) is 6.34. The quantitative estimate of drug-likeness (QED) is 0.867. The van der Waals surface area contributed by atoms with Crippen molar-refractivity contribution in [3.8, 4) is 0 Å². The van der Waals surface area contributed by atoms with Crippen molar-refractivity contribution in [3.63, 3.8) is 0 Å². The Labute approximate surface area is 171 Å². The lowest BCUT2D eigenvalue weighted by Crippen LogP contribution is -2.38. The lowest BCUT2D eigenvalue weighted by atomic mass is 9.81. The monoisotopic (exact) mass is 386 g/mol. The zero-order valence-corrected chi connectivity index (χ0v) is 16.8. The van der Waals surface area contributed by atoms with Crippen LogP contribution in [0.5, 0.6) is 0 Å². The summed E-state index contributed by atoms with van der Waals surface area (Å²) in [6.45, 7) is 4.44. The number of nitrogens with one attached hydrogen (secondary N) is 1. The fourth-order valence-electron chi connectivity index (χ4n) is 4.57. The summed E-state index contributed by atoms with van der Waals surface area (Å²) in [6.07, 6.45) is 4.62. The predicted molar refractivity (Wildman–Crippen MR) is 115 cm³/mol. The predicted octanol–water partition coefficient (Wildman–Crippen LogP) is 4.03. The van der Waals surface area contributed by atoms with E-state index in [4.69, 9.17) is 9.73 Å². The van der Waals surface area contributed by atoms with Gasteiger partial charge in [0.2, 0.25) is 0 Å². The van der Waals surface area contributed by atoms with Crippen molar-refractivity contribution >= 4 is 17.7 Å². The minimum absolute atomic E-state index is 0.0959. The first kappa shape index (κ1) is 18.3. The number of amidine groups is 1. The maximum absolute atomic E-state index is 12.9. The van der Waals surface area contributed by atoms with E-state index in [1.807, 2.05) is 18.2 Å². The van der Waals surface area contributed by atoms with Gasteiger partial charge in [-0.05, 0) is 47.2 Å². The second-order valence-corrected chi connectivity index (χ2v) is 8.24. The molecule has 2 aromatic carbocycles. The van der Waals surface area contributed by atoms with Crippen molar-refractivity contribution in [2.75, 3.05) is 13.2 Å². The van der Waals surface area contributed by atoms with Crippen molar-refractivity contribution in [2.24, 2.45) is 4.99 Å². The summed E-state index contributed by atoms with van der Waals surface area (Å²) >= 11 is 0. The first-order valence-electron chi connectivity index (χ1n) is 10.5. The molecule has 1 saturated heterocycles. The lowest BCUT2D eigenvalue weighted by molar-refractivity contribution is -0.115. The smallest absolute Gasteiger partial charge is 0.163 e. The van der Waals surface area contributed by atoms with Crippen molar-refractivity contribution in [3.05, 3.63) is 75.9 Å². The number of rotatable bonds is 3. The zero-order valence-electron chi connectivity index (χ0n) is 16.8. The first-order chi connectivity index (χ1) is 14.2. The van der Waals surface area contributed by atoms with Crippen LogP contribution in [0.2, 0.25) is 0 Å². The Morgan fingerprint density at radius 3 is 2.69 bits per heavy atom. The van der Waals surface area contributed by atoms with Crippen molar-refractivity contribution < 1.29 is 9.53 Å². The molecule has 2 aliphatic heterocycles. The highest BCUT2D eigenvalue weighted by molar-refractivity contribution is 6.07. The number of hydrogen-bond acceptors (Lipinski definition) is 4. The van der Waals surface area contributed by atoms with Crippen molar-refractivity contribution in [1.29, 1.82) is 0 Å².